The number of halogens is 1. The van der Waals surface area contributed by atoms with E-state index in [-0.39, 0.29) is 5.96 Å². The Morgan fingerprint density at radius 3 is 2.74 bits per heavy atom. The van der Waals surface area contributed by atoms with Crippen LogP contribution in [-0.4, -0.2) is 18.5 Å². The van der Waals surface area contributed by atoms with Gasteiger partial charge in [0, 0.05) is 6.54 Å². The number of benzene rings is 1. The zero-order chi connectivity index (χ0) is 14.4. The summed E-state index contributed by atoms with van der Waals surface area (Å²) in [4.78, 5) is 15.8. The van der Waals surface area contributed by atoms with E-state index in [0.29, 0.717) is 23.2 Å². The Hall–Kier alpha value is -1.75. The second-order valence-electron chi connectivity index (χ2n) is 4.63. The van der Waals surface area contributed by atoms with Gasteiger partial charge in [0.1, 0.15) is 0 Å². The van der Waals surface area contributed by atoms with E-state index in [1.807, 2.05) is 32.9 Å². The van der Waals surface area contributed by atoms with Crippen LogP contribution in [0.5, 0.6) is 0 Å². The third kappa shape index (κ3) is 5.18. The maximum Gasteiger partial charge on any atom is 0.326 e. The topological polar surface area (TPSA) is 79.5 Å². The minimum absolute atomic E-state index is 0.0934. The van der Waals surface area contributed by atoms with E-state index in [1.54, 1.807) is 6.07 Å². The number of nitrogens with one attached hydrogen (secondary N) is 2. The molecule has 0 spiro atoms. The van der Waals surface area contributed by atoms with Gasteiger partial charge in [-0.25, -0.2) is 4.79 Å². The lowest BCUT2D eigenvalue weighted by Crippen LogP contribution is -2.40. The van der Waals surface area contributed by atoms with Gasteiger partial charge in [-0.05, 0) is 24.5 Å². The number of nitrogens with zero attached hydrogens (tertiary/aromatic N) is 1. The lowest BCUT2D eigenvalue weighted by atomic mass is 10.2. The average Bonchev–Trinajstić information content (AvgIpc) is 2.31. The Balaban J connectivity index is 2.63. The van der Waals surface area contributed by atoms with Crippen molar-refractivity contribution in [1.29, 1.82) is 0 Å². The number of hydrogen-bond acceptors (Lipinski definition) is 2. The molecule has 6 heteroatoms. The third-order valence-electron chi connectivity index (χ3n) is 2.33. The van der Waals surface area contributed by atoms with Crippen LogP contribution in [0, 0.1) is 12.8 Å². The van der Waals surface area contributed by atoms with Crippen LogP contribution < -0.4 is 16.4 Å². The fourth-order valence-electron chi connectivity index (χ4n) is 1.37. The van der Waals surface area contributed by atoms with Gasteiger partial charge < -0.3 is 11.1 Å². The first-order valence-corrected chi connectivity index (χ1v) is 6.41. The smallest absolute Gasteiger partial charge is 0.326 e. The fraction of sp³-hybridized carbons (Fsp3) is 0.385. The van der Waals surface area contributed by atoms with Crippen LogP contribution in [0.3, 0.4) is 0 Å². The molecule has 1 aromatic carbocycles. The second-order valence-corrected chi connectivity index (χ2v) is 5.04. The van der Waals surface area contributed by atoms with E-state index < -0.39 is 6.03 Å². The molecular weight excluding hydrogens is 264 g/mol. The monoisotopic (exact) mass is 282 g/mol. The first kappa shape index (κ1) is 15.3. The van der Waals surface area contributed by atoms with Crippen molar-refractivity contribution in [2.24, 2.45) is 16.6 Å². The predicted octanol–water partition coefficient (Wildman–Crippen LogP) is 2.74. The van der Waals surface area contributed by atoms with Crippen LogP contribution in [0.15, 0.2) is 23.2 Å². The van der Waals surface area contributed by atoms with Gasteiger partial charge in [0.15, 0.2) is 5.96 Å². The quantitative estimate of drug-likeness (QED) is 0.589. The van der Waals surface area contributed by atoms with Crippen LogP contribution in [0.4, 0.5) is 10.5 Å². The molecule has 0 aliphatic carbocycles. The summed E-state index contributed by atoms with van der Waals surface area (Å²) in [5.41, 5.74) is 7.04. The molecule has 0 radical (unpaired) electrons. The first-order chi connectivity index (χ1) is 8.90. The third-order valence-corrected chi connectivity index (χ3v) is 2.64. The van der Waals surface area contributed by atoms with E-state index in [9.17, 15) is 4.79 Å². The Morgan fingerprint density at radius 2 is 2.16 bits per heavy atom. The SMILES string of the molecule is Cc1cccc(Cl)c1NC(=O)NC(N)=NCC(C)C. The molecule has 0 aliphatic heterocycles. The molecule has 2 amide bonds. The summed E-state index contributed by atoms with van der Waals surface area (Å²) in [5.74, 6) is 0.477. The Kier molecular flexibility index (Phi) is 5.63. The maximum atomic E-state index is 11.7. The van der Waals surface area contributed by atoms with Crippen LogP contribution in [-0.2, 0) is 0 Å². The number of carbonyl (C=O) groups is 1. The molecule has 0 unspecified atom stereocenters. The van der Waals surface area contributed by atoms with Gasteiger partial charge >= 0.3 is 6.03 Å². The molecule has 4 N–H and O–H groups in total. The number of anilines is 1. The summed E-state index contributed by atoms with van der Waals surface area (Å²) in [5, 5.41) is 5.59. The van der Waals surface area contributed by atoms with Crippen molar-refractivity contribution in [1.82, 2.24) is 5.32 Å². The molecule has 104 valence electrons. The zero-order valence-electron chi connectivity index (χ0n) is 11.3. The molecule has 19 heavy (non-hydrogen) atoms. The van der Waals surface area contributed by atoms with E-state index in [2.05, 4.69) is 15.6 Å². The average molecular weight is 283 g/mol. The van der Waals surface area contributed by atoms with Crippen LogP contribution >= 0.6 is 11.6 Å². The zero-order valence-corrected chi connectivity index (χ0v) is 12.1. The number of aliphatic imine (C=N–C) groups is 1. The molecular formula is C13H19ClN4O. The predicted molar refractivity (Wildman–Crippen MR) is 79.7 cm³/mol. The molecule has 0 atom stereocenters. The summed E-state index contributed by atoms with van der Waals surface area (Å²) in [6.45, 7) is 6.46. The highest BCUT2D eigenvalue weighted by Crippen LogP contribution is 2.24. The van der Waals surface area contributed by atoms with Crippen LogP contribution in [0.25, 0.3) is 0 Å². The van der Waals surface area contributed by atoms with Gasteiger partial charge in [0.25, 0.3) is 0 Å². The highest BCUT2D eigenvalue weighted by Gasteiger charge is 2.08. The van der Waals surface area contributed by atoms with Gasteiger partial charge in [0.05, 0.1) is 10.7 Å². The largest absolute Gasteiger partial charge is 0.370 e. The molecule has 0 saturated heterocycles. The summed E-state index contributed by atoms with van der Waals surface area (Å²) >= 11 is 6.01. The summed E-state index contributed by atoms with van der Waals surface area (Å²) in [6, 6.07) is 4.93. The minimum atomic E-state index is -0.457. The van der Waals surface area contributed by atoms with Crippen molar-refractivity contribution < 1.29 is 4.79 Å². The number of amides is 2. The molecule has 5 nitrogen and oxygen atoms in total. The fourth-order valence-corrected chi connectivity index (χ4v) is 1.64. The standard InChI is InChI=1S/C13H19ClN4O/c1-8(2)7-16-12(15)18-13(19)17-11-9(3)5-4-6-10(11)14/h4-6,8H,7H2,1-3H3,(H4,15,16,17,18,19). The number of aryl methyl sites for hydroxylation is 1. The van der Waals surface area contributed by atoms with Gasteiger partial charge in [-0.15, -0.1) is 0 Å². The molecule has 0 bridgehead atoms. The van der Waals surface area contributed by atoms with Gasteiger partial charge in [0.2, 0.25) is 0 Å². The minimum Gasteiger partial charge on any atom is -0.370 e. The maximum absolute atomic E-state index is 11.7. The normalized spacial score (nSPS) is 11.5. The van der Waals surface area contributed by atoms with Crippen LogP contribution in [0.1, 0.15) is 19.4 Å². The molecule has 0 heterocycles. The number of nitrogens with two attached hydrogens (primary N) is 1. The second kappa shape index (κ2) is 6.99. The van der Waals surface area contributed by atoms with E-state index in [1.165, 1.54) is 0 Å². The van der Waals surface area contributed by atoms with E-state index >= 15 is 0 Å². The van der Waals surface area contributed by atoms with Gasteiger partial charge in [-0.3, -0.25) is 10.3 Å². The molecule has 0 fully saturated rings. The number of rotatable bonds is 3. The number of hydrogen-bond donors (Lipinski definition) is 3. The molecule has 0 aliphatic rings. The number of para-hydroxylation sites is 1. The summed E-state index contributed by atoms with van der Waals surface area (Å²) in [6.07, 6.45) is 0. The van der Waals surface area contributed by atoms with Crippen molar-refractivity contribution in [3.05, 3.63) is 28.8 Å². The highest BCUT2D eigenvalue weighted by molar-refractivity contribution is 6.34. The van der Waals surface area contributed by atoms with Crippen molar-refractivity contribution in [2.45, 2.75) is 20.8 Å². The number of carbonyl (C=O) groups excluding carboxylic acids is 1. The summed E-state index contributed by atoms with van der Waals surface area (Å²) in [7, 11) is 0. The number of urea groups is 1. The Labute approximate surface area is 118 Å². The number of guanidine groups is 1. The van der Waals surface area contributed by atoms with Crippen molar-refractivity contribution in [3.8, 4) is 0 Å². The van der Waals surface area contributed by atoms with Crippen molar-refractivity contribution >= 4 is 29.3 Å². The first-order valence-electron chi connectivity index (χ1n) is 6.03. The molecule has 0 aromatic heterocycles. The van der Waals surface area contributed by atoms with Crippen molar-refractivity contribution in [2.75, 3.05) is 11.9 Å². The Morgan fingerprint density at radius 1 is 1.47 bits per heavy atom. The molecule has 0 saturated carbocycles. The Bertz CT molecular complexity index is 465. The van der Waals surface area contributed by atoms with E-state index in [4.69, 9.17) is 17.3 Å². The van der Waals surface area contributed by atoms with Crippen LogP contribution in [0.2, 0.25) is 5.02 Å². The van der Waals surface area contributed by atoms with E-state index in [0.717, 1.165) is 5.56 Å². The summed E-state index contributed by atoms with van der Waals surface area (Å²) < 4.78 is 0. The lowest BCUT2D eigenvalue weighted by molar-refractivity contribution is 0.256. The highest BCUT2D eigenvalue weighted by atomic mass is 35.5. The molecule has 1 aromatic rings. The van der Waals surface area contributed by atoms with Gasteiger partial charge in [-0.2, -0.15) is 0 Å². The molecule has 1 rings (SSSR count). The van der Waals surface area contributed by atoms with Gasteiger partial charge in [-0.1, -0.05) is 37.6 Å². The lowest BCUT2D eigenvalue weighted by Gasteiger charge is -2.11. The van der Waals surface area contributed by atoms with Crippen molar-refractivity contribution in [3.63, 3.8) is 0 Å².